The molecule has 0 aromatic heterocycles. The predicted octanol–water partition coefficient (Wildman–Crippen LogP) is 2.98. The number of benzene rings is 1. The van der Waals surface area contributed by atoms with Crippen LogP contribution >= 0.6 is 0 Å². The maximum absolute atomic E-state index is 12.2. The molecule has 0 unspecified atom stereocenters. The van der Waals surface area contributed by atoms with Gasteiger partial charge in [-0.3, -0.25) is 4.79 Å². The molecule has 2 rings (SSSR count). The van der Waals surface area contributed by atoms with Gasteiger partial charge < -0.3 is 9.64 Å². The first-order chi connectivity index (χ1) is 9.11. The molecule has 3 heteroatoms. The van der Waals surface area contributed by atoms with Crippen LogP contribution in [0.15, 0.2) is 18.2 Å². The number of hydrogen-bond acceptors (Lipinski definition) is 2. The van der Waals surface area contributed by atoms with Crippen molar-refractivity contribution in [1.29, 1.82) is 0 Å². The van der Waals surface area contributed by atoms with E-state index in [0.717, 1.165) is 37.2 Å². The largest absolute Gasteiger partial charge is 0.496 e. The number of nitrogens with zero attached hydrogens (tertiary/aromatic N) is 1. The Kier molecular flexibility index (Phi) is 4.46. The second-order valence-corrected chi connectivity index (χ2v) is 5.49. The number of carbonyl (C=O) groups excluding carboxylic acids is 1. The number of carbonyl (C=O) groups is 1. The monoisotopic (exact) mass is 261 g/mol. The molecule has 1 aliphatic rings. The standard InChI is InChI=1S/C16H23NO2/c1-12(2)13-6-7-15(19-3)14(10-13)11-16(18)17-8-4-5-9-17/h6-7,10,12H,4-5,8-9,11H2,1-3H3. The molecule has 1 amide bonds. The van der Waals surface area contributed by atoms with Crippen molar-refractivity contribution < 1.29 is 9.53 Å². The molecule has 0 saturated carbocycles. The van der Waals surface area contributed by atoms with Gasteiger partial charge in [0, 0.05) is 18.7 Å². The first-order valence-corrected chi connectivity index (χ1v) is 7.06. The van der Waals surface area contributed by atoms with Crippen LogP contribution in [-0.4, -0.2) is 31.0 Å². The lowest BCUT2D eigenvalue weighted by Gasteiger charge is -2.17. The van der Waals surface area contributed by atoms with Crippen LogP contribution in [0.3, 0.4) is 0 Å². The van der Waals surface area contributed by atoms with Gasteiger partial charge in [0.1, 0.15) is 5.75 Å². The van der Waals surface area contributed by atoms with E-state index in [-0.39, 0.29) is 5.91 Å². The molecule has 3 nitrogen and oxygen atoms in total. The maximum atomic E-state index is 12.2. The molecule has 1 fully saturated rings. The summed E-state index contributed by atoms with van der Waals surface area (Å²) in [6.07, 6.45) is 2.72. The zero-order valence-corrected chi connectivity index (χ0v) is 12.1. The van der Waals surface area contributed by atoms with E-state index in [4.69, 9.17) is 4.74 Å². The summed E-state index contributed by atoms with van der Waals surface area (Å²) in [4.78, 5) is 14.2. The van der Waals surface area contributed by atoms with Crippen molar-refractivity contribution in [2.75, 3.05) is 20.2 Å². The molecule has 1 heterocycles. The SMILES string of the molecule is COc1ccc(C(C)C)cc1CC(=O)N1CCCC1. The summed E-state index contributed by atoms with van der Waals surface area (Å²) in [6, 6.07) is 6.16. The molecule has 1 saturated heterocycles. The fourth-order valence-corrected chi connectivity index (χ4v) is 2.54. The van der Waals surface area contributed by atoms with Crippen LogP contribution in [0.2, 0.25) is 0 Å². The van der Waals surface area contributed by atoms with Gasteiger partial charge in [-0.15, -0.1) is 0 Å². The first kappa shape index (κ1) is 13.9. The summed E-state index contributed by atoms with van der Waals surface area (Å²) < 4.78 is 5.37. The number of methoxy groups -OCH3 is 1. The fourth-order valence-electron chi connectivity index (χ4n) is 2.54. The fraction of sp³-hybridized carbons (Fsp3) is 0.562. The minimum Gasteiger partial charge on any atom is -0.496 e. The lowest BCUT2D eigenvalue weighted by atomic mass is 9.98. The molecule has 1 aromatic rings. The van der Waals surface area contributed by atoms with Gasteiger partial charge >= 0.3 is 0 Å². The molecule has 1 aliphatic heterocycles. The molecular formula is C16H23NO2. The summed E-state index contributed by atoms with van der Waals surface area (Å²) >= 11 is 0. The van der Waals surface area contributed by atoms with Crippen LogP contribution < -0.4 is 4.74 Å². The van der Waals surface area contributed by atoms with Crippen molar-refractivity contribution in [2.24, 2.45) is 0 Å². The Labute approximate surface area is 115 Å². The van der Waals surface area contributed by atoms with E-state index < -0.39 is 0 Å². The van der Waals surface area contributed by atoms with Crippen molar-refractivity contribution in [2.45, 2.75) is 39.0 Å². The summed E-state index contributed by atoms with van der Waals surface area (Å²) in [5.74, 6) is 1.50. The Hall–Kier alpha value is -1.51. The summed E-state index contributed by atoms with van der Waals surface area (Å²) in [5.41, 5.74) is 2.26. The summed E-state index contributed by atoms with van der Waals surface area (Å²) in [6.45, 7) is 6.14. The predicted molar refractivity (Wildman–Crippen MR) is 76.6 cm³/mol. The van der Waals surface area contributed by atoms with Crippen LogP contribution in [-0.2, 0) is 11.2 Å². The second kappa shape index (κ2) is 6.09. The van der Waals surface area contributed by atoms with Crippen molar-refractivity contribution >= 4 is 5.91 Å². The van der Waals surface area contributed by atoms with E-state index in [9.17, 15) is 4.79 Å². The Morgan fingerprint density at radius 2 is 2.00 bits per heavy atom. The van der Waals surface area contributed by atoms with Gasteiger partial charge in [-0.2, -0.15) is 0 Å². The van der Waals surface area contributed by atoms with E-state index in [2.05, 4.69) is 26.0 Å². The normalized spacial score (nSPS) is 15.1. The highest BCUT2D eigenvalue weighted by Crippen LogP contribution is 2.25. The minimum atomic E-state index is 0.219. The van der Waals surface area contributed by atoms with Gasteiger partial charge in [0.15, 0.2) is 0 Å². The number of ether oxygens (including phenoxy) is 1. The average Bonchev–Trinajstić information content (AvgIpc) is 2.92. The molecule has 19 heavy (non-hydrogen) atoms. The van der Waals surface area contributed by atoms with Crippen molar-refractivity contribution in [1.82, 2.24) is 4.90 Å². The third kappa shape index (κ3) is 3.28. The molecule has 0 spiro atoms. The Morgan fingerprint density at radius 1 is 1.32 bits per heavy atom. The first-order valence-electron chi connectivity index (χ1n) is 7.06. The highest BCUT2D eigenvalue weighted by atomic mass is 16.5. The van der Waals surface area contributed by atoms with E-state index >= 15 is 0 Å². The van der Waals surface area contributed by atoms with Gasteiger partial charge in [0.25, 0.3) is 0 Å². The third-order valence-corrected chi connectivity index (χ3v) is 3.77. The zero-order chi connectivity index (χ0) is 13.8. The Morgan fingerprint density at radius 3 is 2.58 bits per heavy atom. The number of amides is 1. The lowest BCUT2D eigenvalue weighted by molar-refractivity contribution is -0.129. The number of likely N-dealkylation sites (tertiary alicyclic amines) is 1. The van der Waals surface area contributed by atoms with Crippen LogP contribution in [0, 0.1) is 0 Å². The maximum Gasteiger partial charge on any atom is 0.227 e. The topological polar surface area (TPSA) is 29.5 Å². The molecule has 0 atom stereocenters. The molecule has 0 aliphatic carbocycles. The van der Waals surface area contributed by atoms with E-state index in [0.29, 0.717) is 12.3 Å². The van der Waals surface area contributed by atoms with Gasteiger partial charge in [-0.05, 0) is 30.4 Å². The van der Waals surface area contributed by atoms with Crippen LogP contribution in [0.25, 0.3) is 0 Å². The van der Waals surface area contributed by atoms with Crippen LogP contribution in [0.4, 0.5) is 0 Å². The third-order valence-electron chi connectivity index (χ3n) is 3.77. The van der Waals surface area contributed by atoms with Gasteiger partial charge in [0.2, 0.25) is 5.91 Å². The number of rotatable bonds is 4. The molecule has 0 N–H and O–H groups in total. The van der Waals surface area contributed by atoms with Crippen LogP contribution in [0.5, 0.6) is 5.75 Å². The minimum absolute atomic E-state index is 0.219. The smallest absolute Gasteiger partial charge is 0.227 e. The lowest BCUT2D eigenvalue weighted by Crippen LogP contribution is -2.29. The average molecular weight is 261 g/mol. The van der Waals surface area contributed by atoms with Crippen molar-refractivity contribution in [3.63, 3.8) is 0 Å². The highest BCUT2D eigenvalue weighted by molar-refractivity contribution is 5.79. The highest BCUT2D eigenvalue weighted by Gasteiger charge is 2.19. The number of hydrogen-bond donors (Lipinski definition) is 0. The quantitative estimate of drug-likeness (QED) is 0.834. The summed E-state index contributed by atoms with van der Waals surface area (Å²) in [5, 5.41) is 0. The molecule has 0 bridgehead atoms. The Balaban J connectivity index is 2.16. The van der Waals surface area contributed by atoms with Gasteiger partial charge in [-0.25, -0.2) is 0 Å². The van der Waals surface area contributed by atoms with E-state index in [1.807, 2.05) is 11.0 Å². The van der Waals surface area contributed by atoms with E-state index in [1.165, 1.54) is 5.56 Å². The van der Waals surface area contributed by atoms with E-state index in [1.54, 1.807) is 7.11 Å². The van der Waals surface area contributed by atoms with Crippen molar-refractivity contribution in [3.05, 3.63) is 29.3 Å². The second-order valence-electron chi connectivity index (χ2n) is 5.49. The zero-order valence-electron chi connectivity index (χ0n) is 12.1. The summed E-state index contributed by atoms with van der Waals surface area (Å²) in [7, 11) is 1.66. The van der Waals surface area contributed by atoms with Gasteiger partial charge in [-0.1, -0.05) is 26.0 Å². The molecule has 1 aromatic carbocycles. The van der Waals surface area contributed by atoms with Crippen molar-refractivity contribution in [3.8, 4) is 5.75 Å². The van der Waals surface area contributed by atoms with Crippen LogP contribution in [0.1, 0.15) is 43.7 Å². The molecule has 104 valence electrons. The van der Waals surface area contributed by atoms with Gasteiger partial charge in [0.05, 0.1) is 13.5 Å². The molecular weight excluding hydrogens is 238 g/mol. The molecule has 0 radical (unpaired) electrons. The Bertz CT molecular complexity index is 448.